The molecule has 0 aromatic heterocycles. The van der Waals surface area contributed by atoms with Crippen LogP contribution in [0.2, 0.25) is 0 Å². The Labute approximate surface area is 108 Å². The Morgan fingerprint density at radius 1 is 1.29 bits per heavy atom. The minimum Gasteiger partial charge on any atom is -0.467 e. The first-order valence-corrected chi connectivity index (χ1v) is 6.53. The molecule has 2 N–H and O–H groups in total. The van der Waals surface area contributed by atoms with Crippen LogP contribution in [-0.2, 0) is 9.53 Å². The van der Waals surface area contributed by atoms with Gasteiger partial charge < -0.3 is 15.4 Å². The summed E-state index contributed by atoms with van der Waals surface area (Å²) in [6.45, 7) is 3.52. The van der Waals surface area contributed by atoms with Crippen molar-refractivity contribution in [1.82, 2.24) is 10.6 Å². The number of hydrogen-bond acceptors (Lipinski definition) is 3. The van der Waals surface area contributed by atoms with Crippen molar-refractivity contribution in [2.75, 3.05) is 7.11 Å². The fourth-order valence-electron chi connectivity index (χ4n) is 2.06. The molecule has 1 aliphatic carbocycles. The first-order valence-electron chi connectivity index (χ1n) is 6.13. The molecule has 5 heteroatoms. The van der Waals surface area contributed by atoms with Crippen LogP contribution in [0.3, 0.4) is 0 Å². The van der Waals surface area contributed by atoms with Crippen molar-refractivity contribution in [3.8, 4) is 0 Å². The van der Waals surface area contributed by atoms with Gasteiger partial charge in [0.15, 0.2) is 5.11 Å². The zero-order valence-corrected chi connectivity index (χ0v) is 11.7. The van der Waals surface area contributed by atoms with Gasteiger partial charge in [0.25, 0.3) is 0 Å². The highest BCUT2D eigenvalue weighted by atomic mass is 32.1. The van der Waals surface area contributed by atoms with Gasteiger partial charge in [-0.3, -0.25) is 0 Å². The van der Waals surface area contributed by atoms with Crippen molar-refractivity contribution < 1.29 is 9.53 Å². The molecule has 0 atom stereocenters. The van der Waals surface area contributed by atoms with Crippen LogP contribution in [0.25, 0.3) is 0 Å². The SMILES string of the molecule is COC(=O)C(C)(C)NC(=S)NC1CCCCC1. The number of rotatable bonds is 3. The van der Waals surface area contributed by atoms with Crippen LogP contribution in [0.1, 0.15) is 46.0 Å². The van der Waals surface area contributed by atoms with Gasteiger partial charge in [0.05, 0.1) is 7.11 Å². The summed E-state index contributed by atoms with van der Waals surface area (Å²) >= 11 is 5.22. The Bertz CT molecular complexity index is 286. The van der Waals surface area contributed by atoms with Gasteiger partial charge in [-0.25, -0.2) is 4.79 Å². The Balaban J connectivity index is 2.40. The monoisotopic (exact) mass is 258 g/mol. The summed E-state index contributed by atoms with van der Waals surface area (Å²) < 4.78 is 4.72. The average Bonchev–Trinajstić information content (AvgIpc) is 2.28. The molecular weight excluding hydrogens is 236 g/mol. The molecule has 0 spiro atoms. The lowest BCUT2D eigenvalue weighted by Crippen LogP contribution is -2.55. The molecule has 0 aliphatic heterocycles. The average molecular weight is 258 g/mol. The zero-order chi connectivity index (χ0) is 12.9. The topological polar surface area (TPSA) is 50.4 Å². The van der Waals surface area contributed by atoms with Crippen LogP contribution >= 0.6 is 12.2 Å². The van der Waals surface area contributed by atoms with E-state index in [0.717, 1.165) is 12.8 Å². The fourth-order valence-corrected chi connectivity index (χ4v) is 2.48. The molecule has 98 valence electrons. The van der Waals surface area contributed by atoms with E-state index in [1.807, 2.05) is 0 Å². The first kappa shape index (κ1) is 14.2. The van der Waals surface area contributed by atoms with E-state index in [1.165, 1.54) is 26.4 Å². The standard InChI is InChI=1S/C12H22N2O2S/c1-12(2,10(15)16-3)14-11(17)13-9-7-5-4-6-8-9/h9H,4-8H2,1-3H3,(H2,13,14,17). The van der Waals surface area contributed by atoms with Gasteiger partial charge in [-0.2, -0.15) is 0 Å². The van der Waals surface area contributed by atoms with Gasteiger partial charge in [-0.15, -0.1) is 0 Å². The molecule has 1 aliphatic rings. The molecule has 0 heterocycles. The maximum absolute atomic E-state index is 11.5. The molecule has 4 nitrogen and oxygen atoms in total. The van der Waals surface area contributed by atoms with Crippen molar-refractivity contribution in [2.24, 2.45) is 0 Å². The van der Waals surface area contributed by atoms with Gasteiger partial charge in [0.2, 0.25) is 0 Å². The third-order valence-electron chi connectivity index (χ3n) is 3.06. The Morgan fingerprint density at radius 2 is 1.88 bits per heavy atom. The van der Waals surface area contributed by atoms with E-state index in [1.54, 1.807) is 13.8 Å². The van der Waals surface area contributed by atoms with E-state index in [9.17, 15) is 4.79 Å². The lowest BCUT2D eigenvalue weighted by molar-refractivity contribution is -0.146. The minimum absolute atomic E-state index is 0.315. The van der Waals surface area contributed by atoms with Crippen molar-refractivity contribution in [2.45, 2.75) is 57.5 Å². The van der Waals surface area contributed by atoms with E-state index >= 15 is 0 Å². The van der Waals surface area contributed by atoms with Crippen molar-refractivity contribution >= 4 is 23.3 Å². The molecule has 1 fully saturated rings. The van der Waals surface area contributed by atoms with Crippen LogP contribution in [-0.4, -0.2) is 29.8 Å². The third kappa shape index (κ3) is 4.50. The lowest BCUT2D eigenvalue weighted by Gasteiger charge is -2.29. The molecule has 1 rings (SSSR count). The number of ether oxygens (including phenoxy) is 1. The molecule has 0 amide bonds. The second kappa shape index (κ2) is 6.19. The number of hydrogen-bond donors (Lipinski definition) is 2. The third-order valence-corrected chi connectivity index (χ3v) is 3.28. The van der Waals surface area contributed by atoms with Gasteiger partial charge in [-0.1, -0.05) is 19.3 Å². The Kier molecular flexibility index (Phi) is 5.18. The lowest BCUT2D eigenvalue weighted by atomic mass is 9.96. The van der Waals surface area contributed by atoms with Crippen LogP contribution in [0.5, 0.6) is 0 Å². The summed E-state index contributed by atoms with van der Waals surface area (Å²) in [5.74, 6) is -0.315. The fraction of sp³-hybridized carbons (Fsp3) is 0.833. The highest BCUT2D eigenvalue weighted by molar-refractivity contribution is 7.80. The van der Waals surface area contributed by atoms with E-state index in [0.29, 0.717) is 11.2 Å². The van der Waals surface area contributed by atoms with Crippen molar-refractivity contribution in [3.63, 3.8) is 0 Å². The smallest absolute Gasteiger partial charge is 0.330 e. The zero-order valence-electron chi connectivity index (χ0n) is 10.8. The van der Waals surface area contributed by atoms with E-state index in [-0.39, 0.29) is 5.97 Å². The normalized spacial score (nSPS) is 17.4. The second-order valence-electron chi connectivity index (χ2n) is 5.05. The number of carbonyl (C=O) groups is 1. The maximum atomic E-state index is 11.5. The molecule has 0 unspecified atom stereocenters. The number of methoxy groups -OCH3 is 1. The summed E-state index contributed by atoms with van der Waals surface area (Å²) in [6.07, 6.45) is 6.12. The van der Waals surface area contributed by atoms with Gasteiger partial charge >= 0.3 is 5.97 Å². The summed E-state index contributed by atoms with van der Waals surface area (Å²) in [5.41, 5.74) is -0.784. The summed E-state index contributed by atoms with van der Waals surface area (Å²) in [5, 5.41) is 6.80. The summed E-state index contributed by atoms with van der Waals surface area (Å²) in [7, 11) is 1.38. The first-order chi connectivity index (χ1) is 7.95. The second-order valence-corrected chi connectivity index (χ2v) is 5.46. The predicted octanol–water partition coefficient (Wildman–Crippen LogP) is 1.73. The van der Waals surface area contributed by atoms with Crippen LogP contribution in [0.4, 0.5) is 0 Å². The number of esters is 1. The van der Waals surface area contributed by atoms with Crippen LogP contribution < -0.4 is 10.6 Å². The maximum Gasteiger partial charge on any atom is 0.330 e. The van der Waals surface area contributed by atoms with E-state index in [2.05, 4.69) is 10.6 Å². The highest BCUT2D eigenvalue weighted by Gasteiger charge is 2.29. The predicted molar refractivity (Wildman–Crippen MR) is 71.8 cm³/mol. The largest absolute Gasteiger partial charge is 0.467 e. The molecule has 0 aromatic rings. The summed E-state index contributed by atoms with van der Waals surface area (Å²) in [4.78, 5) is 11.5. The van der Waals surface area contributed by atoms with Gasteiger partial charge in [0.1, 0.15) is 5.54 Å². The van der Waals surface area contributed by atoms with E-state index in [4.69, 9.17) is 17.0 Å². The highest BCUT2D eigenvalue weighted by Crippen LogP contribution is 2.17. The number of carbonyl (C=O) groups excluding carboxylic acids is 1. The van der Waals surface area contributed by atoms with Crippen LogP contribution in [0.15, 0.2) is 0 Å². The van der Waals surface area contributed by atoms with Crippen LogP contribution in [0, 0.1) is 0 Å². The molecule has 0 saturated heterocycles. The molecule has 0 aromatic carbocycles. The number of nitrogens with one attached hydrogen (secondary N) is 2. The van der Waals surface area contributed by atoms with Gasteiger partial charge in [-0.05, 0) is 38.9 Å². The summed E-state index contributed by atoms with van der Waals surface area (Å²) in [6, 6.07) is 0.442. The Hall–Kier alpha value is -0.840. The molecule has 0 radical (unpaired) electrons. The van der Waals surface area contributed by atoms with Crippen molar-refractivity contribution in [3.05, 3.63) is 0 Å². The minimum atomic E-state index is -0.784. The number of thiocarbonyl (C=S) groups is 1. The Morgan fingerprint density at radius 3 is 2.41 bits per heavy atom. The molecule has 0 bridgehead atoms. The molecule has 17 heavy (non-hydrogen) atoms. The van der Waals surface area contributed by atoms with Crippen molar-refractivity contribution in [1.29, 1.82) is 0 Å². The quantitative estimate of drug-likeness (QED) is 0.596. The molecule has 1 saturated carbocycles. The molecular formula is C12H22N2O2S. The van der Waals surface area contributed by atoms with E-state index < -0.39 is 5.54 Å². The van der Waals surface area contributed by atoms with Gasteiger partial charge in [0, 0.05) is 6.04 Å².